The van der Waals surface area contributed by atoms with Gasteiger partial charge in [-0.3, -0.25) is 4.68 Å². The van der Waals surface area contributed by atoms with E-state index in [0.29, 0.717) is 0 Å². The predicted octanol–water partition coefficient (Wildman–Crippen LogP) is 4.52. The standard InChI is InChI=1S/C16H22BrN3O/c1-4-8-20-11-14(10-19-20)21-16-7-6-13(17)9-15(16)12(3)18-5-2/h6-7,9-12,18H,4-5,8H2,1-3H3. The SMILES string of the molecule is CCCn1cc(Oc2ccc(Br)cc2C(C)NCC)cn1. The average Bonchev–Trinajstić information content (AvgIpc) is 2.89. The number of hydrogen-bond donors (Lipinski definition) is 1. The van der Waals surface area contributed by atoms with Crippen LogP contribution in [0.5, 0.6) is 11.5 Å². The fourth-order valence-corrected chi connectivity index (χ4v) is 2.62. The van der Waals surface area contributed by atoms with Crippen molar-refractivity contribution in [2.24, 2.45) is 0 Å². The van der Waals surface area contributed by atoms with Gasteiger partial charge in [0.2, 0.25) is 0 Å². The molecule has 1 heterocycles. The van der Waals surface area contributed by atoms with E-state index in [2.05, 4.69) is 53.2 Å². The number of aromatic nitrogens is 2. The molecule has 1 aromatic carbocycles. The summed E-state index contributed by atoms with van der Waals surface area (Å²) in [6.07, 6.45) is 4.76. The zero-order chi connectivity index (χ0) is 15.2. The molecule has 0 saturated carbocycles. The van der Waals surface area contributed by atoms with E-state index in [0.717, 1.165) is 41.0 Å². The third-order valence-corrected chi connectivity index (χ3v) is 3.73. The Morgan fingerprint density at radius 3 is 2.90 bits per heavy atom. The fraction of sp³-hybridized carbons (Fsp3) is 0.438. The van der Waals surface area contributed by atoms with Crippen molar-refractivity contribution >= 4 is 15.9 Å². The maximum absolute atomic E-state index is 6.01. The van der Waals surface area contributed by atoms with Crippen LogP contribution in [0.4, 0.5) is 0 Å². The second-order valence-corrected chi connectivity index (χ2v) is 5.92. The summed E-state index contributed by atoms with van der Waals surface area (Å²) < 4.78 is 8.97. The summed E-state index contributed by atoms with van der Waals surface area (Å²) in [7, 11) is 0. The maximum Gasteiger partial charge on any atom is 0.165 e. The summed E-state index contributed by atoms with van der Waals surface area (Å²) in [6.45, 7) is 8.20. The topological polar surface area (TPSA) is 39.1 Å². The van der Waals surface area contributed by atoms with Gasteiger partial charge in [-0.05, 0) is 38.1 Å². The van der Waals surface area contributed by atoms with Crippen LogP contribution in [-0.2, 0) is 6.54 Å². The predicted molar refractivity (Wildman–Crippen MR) is 88.8 cm³/mol. The van der Waals surface area contributed by atoms with E-state index in [-0.39, 0.29) is 6.04 Å². The normalized spacial score (nSPS) is 12.4. The highest BCUT2D eigenvalue weighted by atomic mass is 79.9. The van der Waals surface area contributed by atoms with E-state index in [1.54, 1.807) is 6.20 Å². The van der Waals surface area contributed by atoms with Gasteiger partial charge in [-0.25, -0.2) is 0 Å². The average molecular weight is 352 g/mol. The number of benzene rings is 1. The van der Waals surface area contributed by atoms with Crippen molar-refractivity contribution in [1.82, 2.24) is 15.1 Å². The number of ether oxygens (including phenoxy) is 1. The second-order valence-electron chi connectivity index (χ2n) is 5.00. The van der Waals surface area contributed by atoms with Gasteiger partial charge in [0, 0.05) is 22.6 Å². The third kappa shape index (κ3) is 4.32. The van der Waals surface area contributed by atoms with Crippen molar-refractivity contribution in [3.05, 3.63) is 40.6 Å². The van der Waals surface area contributed by atoms with Crippen molar-refractivity contribution < 1.29 is 4.74 Å². The molecular weight excluding hydrogens is 330 g/mol. The number of rotatable bonds is 7. The highest BCUT2D eigenvalue weighted by Crippen LogP contribution is 2.32. The molecule has 1 aromatic heterocycles. The molecule has 0 spiro atoms. The van der Waals surface area contributed by atoms with Crippen LogP contribution in [0.2, 0.25) is 0 Å². The first-order valence-corrected chi connectivity index (χ1v) is 8.16. The summed E-state index contributed by atoms with van der Waals surface area (Å²) in [5.41, 5.74) is 1.13. The van der Waals surface area contributed by atoms with Crippen LogP contribution in [-0.4, -0.2) is 16.3 Å². The highest BCUT2D eigenvalue weighted by Gasteiger charge is 2.13. The molecule has 4 nitrogen and oxygen atoms in total. The van der Waals surface area contributed by atoms with Crippen LogP contribution in [0, 0.1) is 0 Å². The lowest BCUT2D eigenvalue weighted by molar-refractivity contribution is 0.461. The Hall–Kier alpha value is -1.33. The Bertz CT molecular complexity index is 583. The van der Waals surface area contributed by atoms with Gasteiger partial charge >= 0.3 is 0 Å². The van der Waals surface area contributed by atoms with Gasteiger partial charge in [-0.2, -0.15) is 5.10 Å². The Morgan fingerprint density at radius 2 is 2.19 bits per heavy atom. The van der Waals surface area contributed by atoms with Crippen LogP contribution in [0.15, 0.2) is 35.1 Å². The molecule has 2 rings (SSSR count). The van der Waals surface area contributed by atoms with Crippen LogP contribution in [0.3, 0.4) is 0 Å². The maximum atomic E-state index is 6.01. The zero-order valence-corrected chi connectivity index (χ0v) is 14.4. The lowest BCUT2D eigenvalue weighted by Gasteiger charge is -2.17. The molecule has 1 N–H and O–H groups in total. The third-order valence-electron chi connectivity index (χ3n) is 3.24. The lowest BCUT2D eigenvalue weighted by atomic mass is 10.1. The van der Waals surface area contributed by atoms with Crippen LogP contribution in [0.25, 0.3) is 0 Å². The second kappa shape index (κ2) is 7.61. The van der Waals surface area contributed by atoms with Crippen molar-refractivity contribution in [3.8, 4) is 11.5 Å². The summed E-state index contributed by atoms with van der Waals surface area (Å²) in [5.74, 6) is 1.64. The monoisotopic (exact) mass is 351 g/mol. The van der Waals surface area contributed by atoms with Crippen molar-refractivity contribution in [2.75, 3.05) is 6.54 Å². The summed E-state index contributed by atoms with van der Waals surface area (Å²) in [6, 6.07) is 6.31. The first kappa shape index (κ1) is 16.0. The van der Waals surface area contributed by atoms with Gasteiger partial charge in [0.15, 0.2) is 5.75 Å². The molecule has 2 aromatic rings. The van der Waals surface area contributed by atoms with Crippen molar-refractivity contribution in [1.29, 1.82) is 0 Å². The van der Waals surface area contributed by atoms with Crippen molar-refractivity contribution in [3.63, 3.8) is 0 Å². The number of aryl methyl sites for hydroxylation is 1. The largest absolute Gasteiger partial charge is 0.454 e. The van der Waals surface area contributed by atoms with Gasteiger partial charge in [-0.15, -0.1) is 0 Å². The van der Waals surface area contributed by atoms with Gasteiger partial charge < -0.3 is 10.1 Å². The number of hydrogen-bond acceptors (Lipinski definition) is 3. The summed E-state index contributed by atoms with van der Waals surface area (Å²) in [4.78, 5) is 0. The zero-order valence-electron chi connectivity index (χ0n) is 12.8. The van der Waals surface area contributed by atoms with Gasteiger partial charge in [0.1, 0.15) is 5.75 Å². The van der Waals surface area contributed by atoms with E-state index < -0.39 is 0 Å². The molecule has 1 unspecified atom stereocenters. The van der Waals surface area contributed by atoms with Crippen molar-refractivity contribution in [2.45, 2.75) is 39.8 Å². The summed E-state index contributed by atoms with van der Waals surface area (Å²) in [5, 5.41) is 7.72. The van der Waals surface area contributed by atoms with Crippen LogP contribution < -0.4 is 10.1 Å². The molecule has 0 saturated heterocycles. The molecule has 1 atom stereocenters. The minimum absolute atomic E-state index is 0.230. The Morgan fingerprint density at radius 1 is 1.38 bits per heavy atom. The van der Waals surface area contributed by atoms with Gasteiger partial charge in [0.25, 0.3) is 0 Å². The molecule has 0 bridgehead atoms. The minimum Gasteiger partial charge on any atom is -0.454 e. The number of nitrogens with zero attached hydrogens (tertiary/aromatic N) is 2. The molecule has 5 heteroatoms. The van der Waals surface area contributed by atoms with Gasteiger partial charge in [0.05, 0.1) is 12.4 Å². The minimum atomic E-state index is 0.230. The van der Waals surface area contributed by atoms with E-state index in [9.17, 15) is 0 Å². The summed E-state index contributed by atoms with van der Waals surface area (Å²) >= 11 is 3.53. The molecule has 0 aliphatic carbocycles. The molecule has 114 valence electrons. The van der Waals surface area contributed by atoms with E-state index in [1.807, 2.05) is 23.0 Å². The molecule has 0 amide bonds. The lowest BCUT2D eigenvalue weighted by Crippen LogP contribution is -2.18. The molecule has 21 heavy (non-hydrogen) atoms. The molecule has 0 aliphatic rings. The molecular formula is C16H22BrN3O. The van der Waals surface area contributed by atoms with E-state index >= 15 is 0 Å². The Kier molecular flexibility index (Phi) is 5.82. The fourth-order valence-electron chi connectivity index (χ4n) is 2.24. The molecule has 0 aliphatic heterocycles. The Labute approximate surface area is 134 Å². The van der Waals surface area contributed by atoms with Gasteiger partial charge in [-0.1, -0.05) is 29.8 Å². The molecule has 0 radical (unpaired) electrons. The highest BCUT2D eigenvalue weighted by molar-refractivity contribution is 9.10. The van der Waals surface area contributed by atoms with Crippen LogP contribution in [0.1, 0.15) is 38.8 Å². The quantitative estimate of drug-likeness (QED) is 0.796. The van der Waals surface area contributed by atoms with Crippen LogP contribution >= 0.6 is 15.9 Å². The number of halogens is 1. The first-order valence-electron chi connectivity index (χ1n) is 7.37. The first-order chi connectivity index (χ1) is 10.1. The Balaban J connectivity index is 2.21. The molecule has 0 fully saturated rings. The number of nitrogens with one attached hydrogen (secondary N) is 1. The van der Waals surface area contributed by atoms with E-state index in [1.165, 1.54) is 0 Å². The smallest absolute Gasteiger partial charge is 0.165 e. The van der Waals surface area contributed by atoms with E-state index in [4.69, 9.17) is 4.74 Å².